The molecule has 0 unspecified atom stereocenters. The number of sulfone groups is 1. The van der Waals surface area contributed by atoms with Gasteiger partial charge in [0.1, 0.15) is 11.3 Å². The normalized spacial score (nSPS) is 13.3. The van der Waals surface area contributed by atoms with Gasteiger partial charge in [-0.25, -0.2) is 18.4 Å². The minimum Gasteiger partial charge on any atom is -0.529 e. The maximum atomic E-state index is 12.5. The second-order valence-corrected chi connectivity index (χ2v) is 28.9. The molecule has 0 aromatic carbocycles. The van der Waals surface area contributed by atoms with E-state index in [1.165, 1.54) is 9.08 Å². The second kappa shape index (κ2) is 14.4. The highest BCUT2D eigenvalue weighted by molar-refractivity contribution is 7.90. The van der Waals surface area contributed by atoms with Crippen molar-refractivity contribution in [3.05, 3.63) is 39.2 Å². The highest BCUT2D eigenvalue weighted by Crippen LogP contribution is 2.44. The van der Waals surface area contributed by atoms with Crippen LogP contribution in [0.5, 0.6) is 11.8 Å². The first-order valence-corrected chi connectivity index (χ1v) is 24.7. The van der Waals surface area contributed by atoms with Crippen LogP contribution in [0.2, 0.25) is 33.2 Å². The molecule has 6 rings (SSSR count). The smallest absolute Gasteiger partial charge is 0.279 e. The number of hydrogen-bond acceptors (Lipinski definition) is 10. The molecule has 6 heterocycles. The van der Waals surface area contributed by atoms with Crippen molar-refractivity contribution < 1.29 is 17.3 Å². The predicted octanol–water partition coefficient (Wildman–Crippen LogP) is 6.33. The molecule has 0 atom stereocenters. The highest BCUT2D eigenvalue weighted by atomic mass is 32.2. The van der Waals surface area contributed by atoms with Gasteiger partial charge in [-0.1, -0.05) is 83.1 Å². The maximum Gasteiger partial charge on any atom is 0.279 e. The van der Waals surface area contributed by atoms with Crippen LogP contribution in [0.15, 0.2) is 33.2 Å². The molecule has 296 valence electrons. The summed E-state index contributed by atoms with van der Waals surface area (Å²) in [4.78, 5) is 38.5. The minimum absolute atomic E-state index is 0.0233. The Labute approximate surface area is 317 Å². The molecule has 6 aromatic heterocycles. The number of nitrogens with one attached hydrogen (secondary N) is 2. The molecule has 0 aliphatic rings. The number of aryl methyl sites for hydroxylation is 2. The summed E-state index contributed by atoms with van der Waals surface area (Å²) < 4.78 is 43.7. The lowest BCUT2D eigenvalue weighted by Gasteiger charge is -2.41. The Hall–Kier alpha value is -4.24. The fourth-order valence-electron chi connectivity index (χ4n) is 8.77. The van der Waals surface area contributed by atoms with Crippen LogP contribution in [0.3, 0.4) is 0 Å². The van der Waals surface area contributed by atoms with Gasteiger partial charge in [0.05, 0.1) is 6.33 Å². The zero-order chi connectivity index (χ0) is 40.4. The van der Waals surface area contributed by atoms with Gasteiger partial charge in [-0.3, -0.25) is 9.59 Å². The summed E-state index contributed by atoms with van der Waals surface area (Å²) in [6.45, 7) is 26.5. The average molecular weight is 801 g/mol. The molecular formula is C35H56N10O6SSi2. The zero-order valence-corrected chi connectivity index (χ0v) is 36.9. The highest BCUT2D eigenvalue weighted by Gasteiger charge is 2.48. The van der Waals surface area contributed by atoms with E-state index >= 15 is 0 Å². The molecule has 19 heteroatoms. The van der Waals surface area contributed by atoms with Crippen LogP contribution in [0.1, 0.15) is 83.1 Å². The molecule has 6 aromatic rings. The monoisotopic (exact) mass is 800 g/mol. The Morgan fingerprint density at radius 1 is 0.648 bits per heavy atom. The van der Waals surface area contributed by atoms with Crippen molar-refractivity contribution in [1.82, 2.24) is 48.3 Å². The van der Waals surface area contributed by atoms with Crippen molar-refractivity contribution in [3.63, 3.8) is 0 Å². The van der Waals surface area contributed by atoms with Crippen LogP contribution in [-0.2, 0) is 23.9 Å². The van der Waals surface area contributed by atoms with Crippen molar-refractivity contribution >= 4 is 60.1 Å². The van der Waals surface area contributed by atoms with Gasteiger partial charge in [0, 0.05) is 32.5 Å². The second-order valence-electron chi connectivity index (χ2n) is 16.2. The Balaban J connectivity index is 0.000000210. The number of imidazole rings is 2. The van der Waals surface area contributed by atoms with Gasteiger partial charge in [0.15, 0.2) is 22.3 Å². The van der Waals surface area contributed by atoms with E-state index in [0.29, 0.717) is 73.1 Å². The topological polar surface area (TPSA) is 189 Å². The van der Waals surface area contributed by atoms with E-state index in [4.69, 9.17) is 8.85 Å². The molecule has 0 spiro atoms. The first-order valence-electron chi connectivity index (χ1n) is 18.5. The summed E-state index contributed by atoms with van der Waals surface area (Å²) in [7, 11) is -4.53. The minimum atomic E-state index is -3.60. The molecule has 0 fully saturated rings. The number of nitrogens with zero attached hydrogens (tertiary/aromatic N) is 8. The van der Waals surface area contributed by atoms with Crippen LogP contribution in [0, 0.1) is 0 Å². The summed E-state index contributed by atoms with van der Waals surface area (Å²) in [5.74, 6) is 1.00. The fourth-order valence-corrected chi connectivity index (χ4v) is 19.9. The van der Waals surface area contributed by atoms with Gasteiger partial charge in [0.25, 0.3) is 27.8 Å². The molecule has 0 amide bonds. The third-order valence-corrected chi connectivity index (χ3v) is 23.9. The van der Waals surface area contributed by atoms with E-state index in [-0.39, 0.29) is 16.2 Å². The van der Waals surface area contributed by atoms with Crippen molar-refractivity contribution in [3.8, 4) is 11.8 Å². The summed E-state index contributed by atoms with van der Waals surface area (Å²) in [6, 6.07) is 3.52. The molecule has 0 bridgehead atoms. The van der Waals surface area contributed by atoms with Crippen LogP contribution in [-0.4, -0.2) is 79.6 Å². The van der Waals surface area contributed by atoms with Gasteiger partial charge in [-0.2, -0.15) is 9.03 Å². The Kier molecular flexibility index (Phi) is 10.9. The molecule has 0 aliphatic carbocycles. The predicted molar refractivity (Wildman–Crippen MR) is 217 cm³/mol. The summed E-state index contributed by atoms with van der Waals surface area (Å²) in [5, 5.41) is 9.04. The van der Waals surface area contributed by atoms with Gasteiger partial charge in [0.2, 0.25) is 26.8 Å². The molecular weight excluding hydrogens is 745 g/mol. The third kappa shape index (κ3) is 6.71. The largest absolute Gasteiger partial charge is 0.529 e. The van der Waals surface area contributed by atoms with Crippen molar-refractivity contribution in [2.45, 2.75) is 121 Å². The van der Waals surface area contributed by atoms with Crippen molar-refractivity contribution in [2.24, 2.45) is 14.1 Å². The number of H-pyrrole nitrogens is 2. The molecule has 54 heavy (non-hydrogen) atoms. The van der Waals surface area contributed by atoms with E-state index in [1.54, 1.807) is 28.5 Å². The van der Waals surface area contributed by atoms with Gasteiger partial charge in [-0.05, 0) is 33.2 Å². The first-order chi connectivity index (χ1) is 25.0. The SMILES string of the molecule is CC(C)[Si](Oc1cc2[nH]c(=O)c3nc(S(C)(=O)=O)n(C)c3n2n1)(C(C)C)C(C)C.CC(C)[Si](Oc1cc2[nH]c(=O)c3ncn(C)c3n2n1)(C(C)C)C(C)C. The number of fused-ring (bicyclic) bond motifs is 6. The zero-order valence-electron chi connectivity index (χ0n) is 34.1. The Morgan fingerprint density at radius 3 is 1.43 bits per heavy atom. The average Bonchev–Trinajstić information content (AvgIpc) is 3.82. The molecule has 0 saturated heterocycles. The van der Waals surface area contributed by atoms with Crippen LogP contribution < -0.4 is 20.0 Å². The van der Waals surface area contributed by atoms with Crippen LogP contribution >= 0.6 is 0 Å². The first kappa shape index (κ1) is 40.9. The summed E-state index contributed by atoms with van der Waals surface area (Å²) in [6.07, 6.45) is 2.68. The summed E-state index contributed by atoms with van der Waals surface area (Å²) >= 11 is 0. The lowest BCUT2D eigenvalue weighted by atomic mass is 10.5. The van der Waals surface area contributed by atoms with Crippen molar-refractivity contribution in [2.75, 3.05) is 6.26 Å². The number of aromatic nitrogens is 10. The molecule has 0 radical (unpaired) electrons. The van der Waals surface area contributed by atoms with E-state index in [0.717, 1.165) is 6.26 Å². The van der Waals surface area contributed by atoms with E-state index < -0.39 is 32.0 Å². The molecule has 16 nitrogen and oxygen atoms in total. The maximum absolute atomic E-state index is 12.5. The van der Waals surface area contributed by atoms with E-state index in [1.807, 2.05) is 13.1 Å². The van der Waals surface area contributed by atoms with Gasteiger partial charge in [-0.15, -0.1) is 10.2 Å². The third-order valence-electron chi connectivity index (χ3n) is 10.9. The number of rotatable bonds is 11. The Morgan fingerprint density at radius 2 is 1.04 bits per heavy atom. The lowest BCUT2D eigenvalue weighted by Crippen LogP contribution is -2.50. The standard InChI is InChI=1S/C18H29N5O4SSi.C17H27N5O2Si/c1-10(2)29(11(3)4,12(5)6)27-14-9-13-19-16(24)15-17(23(13)21-14)22(7)18(20-15)28(8,25)26;1-10(2)25(11(3)4,12(5)6)24-14-8-13-19-16(23)15-17(22(13)20-14)21(7)9-18-15/h9-12H,1-8H3,(H,19,24);8-12H,1-7H3,(H,19,23). The van der Waals surface area contributed by atoms with Crippen LogP contribution in [0.4, 0.5) is 0 Å². The molecule has 0 saturated carbocycles. The summed E-state index contributed by atoms with van der Waals surface area (Å²) in [5.41, 5.74) is 4.19. The lowest BCUT2D eigenvalue weighted by molar-refractivity contribution is 0.461. The van der Waals surface area contributed by atoms with Gasteiger partial charge < -0.3 is 28.0 Å². The fraction of sp³-hybridized carbons (Fsp3) is 0.600. The van der Waals surface area contributed by atoms with E-state index in [2.05, 4.69) is 113 Å². The van der Waals surface area contributed by atoms with Crippen molar-refractivity contribution in [1.29, 1.82) is 0 Å². The van der Waals surface area contributed by atoms with Gasteiger partial charge >= 0.3 is 0 Å². The molecule has 0 aliphatic heterocycles. The number of hydrogen-bond donors (Lipinski definition) is 2. The quantitative estimate of drug-likeness (QED) is 0.140. The van der Waals surface area contributed by atoms with Crippen LogP contribution in [0.25, 0.3) is 33.6 Å². The molecule has 2 N–H and O–H groups in total. The Bertz CT molecular complexity index is 2510. The van der Waals surface area contributed by atoms with E-state index in [9.17, 15) is 18.0 Å². The number of aromatic amines is 2.